The third-order valence-corrected chi connectivity index (χ3v) is 6.44. The number of amides is 2. The van der Waals surface area contributed by atoms with Gasteiger partial charge in [-0.15, -0.1) is 5.06 Å². The highest BCUT2D eigenvalue weighted by Crippen LogP contribution is 2.36. The van der Waals surface area contributed by atoms with E-state index in [2.05, 4.69) is 0 Å². The summed E-state index contributed by atoms with van der Waals surface area (Å²) >= 11 is 0. The molecule has 3 aromatic carbocycles. The minimum atomic E-state index is -0.987. The lowest BCUT2D eigenvalue weighted by molar-refractivity contribution is -0.150. The molecule has 2 aliphatic rings. The van der Waals surface area contributed by atoms with Gasteiger partial charge in [0, 0.05) is 5.92 Å². The smallest absolute Gasteiger partial charge is 0.310 e. The molecule has 0 spiro atoms. The van der Waals surface area contributed by atoms with Crippen LogP contribution in [0.1, 0.15) is 33.6 Å². The number of hydrogen-bond acceptors (Lipinski definition) is 5. The molecular weight excluding hydrogens is 434 g/mol. The van der Waals surface area contributed by atoms with E-state index in [-0.39, 0.29) is 17.7 Å². The molecule has 0 saturated heterocycles. The molecule has 0 aromatic heterocycles. The van der Waals surface area contributed by atoms with Crippen molar-refractivity contribution in [3.05, 3.63) is 90.0 Å². The molecule has 3 atom stereocenters. The summed E-state index contributed by atoms with van der Waals surface area (Å²) < 4.78 is 6.05. The Kier molecular flexibility index (Phi) is 5.86. The fraction of sp³-hybridized carbons (Fsp3) is 0.222. The summed E-state index contributed by atoms with van der Waals surface area (Å²) in [6.45, 7) is -0.0603. The molecule has 2 amide bonds. The van der Waals surface area contributed by atoms with E-state index in [1.165, 1.54) is 0 Å². The van der Waals surface area contributed by atoms with Crippen LogP contribution in [0.2, 0.25) is 0 Å². The van der Waals surface area contributed by atoms with Crippen molar-refractivity contribution in [1.82, 2.24) is 5.06 Å². The van der Waals surface area contributed by atoms with Gasteiger partial charge in [-0.1, -0.05) is 54.6 Å². The van der Waals surface area contributed by atoms with Gasteiger partial charge in [-0.3, -0.25) is 19.2 Å². The summed E-state index contributed by atoms with van der Waals surface area (Å²) in [4.78, 5) is 42.6. The Balaban J connectivity index is 1.24. The van der Waals surface area contributed by atoms with Crippen LogP contribution in [0.25, 0.3) is 11.1 Å². The Bertz CT molecular complexity index is 1190. The molecule has 1 N–H and O–H groups in total. The maximum Gasteiger partial charge on any atom is 0.310 e. The molecule has 172 valence electrons. The maximum atomic E-state index is 12.5. The average Bonchev–Trinajstić information content (AvgIpc) is 3.37. The van der Waals surface area contributed by atoms with E-state index < -0.39 is 35.7 Å². The first-order valence-electron chi connectivity index (χ1n) is 11.2. The summed E-state index contributed by atoms with van der Waals surface area (Å²) in [5.74, 6) is -2.66. The van der Waals surface area contributed by atoms with Crippen LogP contribution in [0.15, 0.2) is 78.9 Å². The normalized spacial score (nSPS) is 21.5. The molecule has 3 aromatic rings. The second kappa shape index (κ2) is 9.11. The van der Waals surface area contributed by atoms with Gasteiger partial charge in [-0.2, -0.15) is 0 Å². The van der Waals surface area contributed by atoms with Crippen molar-refractivity contribution < 1.29 is 29.1 Å². The summed E-state index contributed by atoms with van der Waals surface area (Å²) in [5.41, 5.74) is 2.70. The molecule has 0 radical (unpaired) electrons. The number of hydroxylamine groups is 2. The van der Waals surface area contributed by atoms with Crippen LogP contribution in [-0.4, -0.2) is 40.7 Å². The average molecular weight is 457 g/mol. The summed E-state index contributed by atoms with van der Waals surface area (Å²) in [6.07, 6.45) is 0.552. The van der Waals surface area contributed by atoms with Crippen LogP contribution in [0.3, 0.4) is 0 Å². The van der Waals surface area contributed by atoms with E-state index in [1.54, 1.807) is 24.3 Å². The lowest BCUT2D eigenvalue weighted by atomic mass is 9.95. The van der Waals surface area contributed by atoms with Gasteiger partial charge in [0.05, 0.1) is 23.7 Å². The number of fused-ring (bicyclic) bond motifs is 1. The number of aliphatic carboxylic acids is 1. The third kappa shape index (κ3) is 4.06. The van der Waals surface area contributed by atoms with Gasteiger partial charge in [0.25, 0.3) is 11.8 Å². The predicted molar refractivity (Wildman–Crippen MR) is 123 cm³/mol. The van der Waals surface area contributed by atoms with Crippen LogP contribution in [0.4, 0.5) is 0 Å². The van der Waals surface area contributed by atoms with Crippen molar-refractivity contribution in [3.63, 3.8) is 0 Å². The Morgan fingerprint density at radius 3 is 2.03 bits per heavy atom. The van der Waals surface area contributed by atoms with Crippen LogP contribution in [0, 0.1) is 11.8 Å². The first kappa shape index (κ1) is 21.9. The molecule has 5 rings (SSSR count). The molecule has 1 fully saturated rings. The second-order valence-corrected chi connectivity index (χ2v) is 8.49. The minimum absolute atomic E-state index is 0.0603. The van der Waals surface area contributed by atoms with Crippen molar-refractivity contribution in [3.8, 4) is 16.9 Å². The summed E-state index contributed by atoms with van der Waals surface area (Å²) in [7, 11) is 0. The molecule has 34 heavy (non-hydrogen) atoms. The van der Waals surface area contributed by atoms with Gasteiger partial charge in [0.2, 0.25) is 0 Å². The van der Waals surface area contributed by atoms with Crippen LogP contribution in [-0.2, 0) is 9.63 Å². The molecule has 1 aliphatic carbocycles. The quantitative estimate of drug-likeness (QED) is 0.528. The van der Waals surface area contributed by atoms with E-state index in [9.17, 15) is 19.5 Å². The molecule has 7 heteroatoms. The number of carboxylic acid groups (broad SMARTS) is 1. The first-order valence-corrected chi connectivity index (χ1v) is 11.2. The zero-order valence-corrected chi connectivity index (χ0v) is 18.3. The maximum absolute atomic E-state index is 12.5. The Morgan fingerprint density at radius 2 is 1.41 bits per heavy atom. The Hall–Kier alpha value is -3.97. The van der Waals surface area contributed by atoms with Crippen molar-refractivity contribution in [2.45, 2.75) is 18.9 Å². The van der Waals surface area contributed by atoms with Gasteiger partial charge in [0.15, 0.2) is 0 Å². The number of carbonyl (C=O) groups is 3. The number of rotatable bonds is 7. The van der Waals surface area contributed by atoms with Crippen molar-refractivity contribution in [2.75, 3.05) is 6.61 Å². The van der Waals surface area contributed by atoms with Crippen molar-refractivity contribution in [2.24, 2.45) is 11.8 Å². The lowest BCUT2D eigenvalue weighted by Gasteiger charge is -2.23. The van der Waals surface area contributed by atoms with Crippen molar-refractivity contribution in [1.29, 1.82) is 0 Å². The molecule has 1 saturated carbocycles. The summed E-state index contributed by atoms with van der Waals surface area (Å²) in [5, 5.41) is 10.6. The number of benzene rings is 3. The number of nitrogens with zero attached hydrogens (tertiary/aromatic N) is 1. The zero-order chi connectivity index (χ0) is 23.7. The molecule has 1 aliphatic heterocycles. The van der Waals surface area contributed by atoms with E-state index in [1.807, 2.05) is 54.6 Å². The fourth-order valence-corrected chi connectivity index (χ4v) is 4.71. The van der Waals surface area contributed by atoms with Gasteiger partial charge < -0.3 is 9.84 Å². The molecule has 7 nitrogen and oxygen atoms in total. The van der Waals surface area contributed by atoms with E-state index in [4.69, 9.17) is 9.57 Å². The standard InChI is InChI=1S/C27H23NO6/c29-25-21-8-4-5-9-22(21)26(30)28(25)33-16-19-12-15-23(24(19)27(31)32)34-20-13-10-18(11-14-20)17-6-2-1-3-7-17/h1-11,13-14,19,23-24H,12,15-16H2,(H,31,32). The molecule has 3 unspecified atom stereocenters. The minimum Gasteiger partial charge on any atom is -0.490 e. The Labute approximate surface area is 196 Å². The van der Waals surface area contributed by atoms with Crippen LogP contribution >= 0.6 is 0 Å². The highest BCUT2D eigenvalue weighted by atomic mass is 16.7. The van der Waals surface area contributed by atoms with Crippen LogP contribution in [0.5, 0.6) is 5.75 Å². The molecule has 0 bridgehead atoms. The number of ether oxygens (including phenoxy) is 1. The predicted octanol–water partition coefficient (Wildman–Crippen LogP) is 4.44. The van der Waals surface area contributed by atoms with E-state index in [0.717, 1.165) is 16.2 Å². The number of carboxylic acids is 1. The van der Waals surface area contributed by atoms with Crippen molar-refractivity contribution >= 4 is 17.8 Å². The lowest BCUT2D eigenvalue weighted by Crippen LogP contribution is -2.37. The van der Waals surface area contributed by atoms with Crippen LogP contribution < -0.4 is 4.74 Å². The van der Waals surface area contributed by atoms with E-state index in [0.29, 0.717) is 18.6 Å². The van der Waals surface area contributed by atoms with Gasteiger partial charge in [-0.05, 0) is 48.2 Å². The molecular formula is C27H23NO6. The number of imide groups is 1. The van der Waals surface area contributed by atoms with E-state index >= 15 is 0 Å². The topological polar surface area (TPSA) is 93.1 Å². The third-order valence-electron chi connectivity index (χ3n) is 6.44. The summed E-state index contributed by atoms with van der Waals surface area (Å²) in [6, 6.07) is 24.0. The number of hydrogen-bond donors (Lipinski definition) is 1. The SMILES string of the molecule is O=C(O)C1C(CON2C(=O)c3ccccc3C2=O)CCC1Oc1ccc(-c2ccccc2)cc1. The highest BCUT2D eigenvalue weighted by molar-refractivity contribution is 6.20. The largest absolute Gasteiger partial charge is 0.490 e. The zero-order valence-electron chi connectivity index (χ0n) is 18.3. The fourth-order valence-electron chi connectivity index (χ4n) is 4.71. The molecule has 1 heterocycles. The first-order chi connectivity index (χ1) is 16.5. The van der Waals surface area contributed by atoms with Gasteiger partial charge in [0.1, 0.15) is 11.9 Å². The monoisotopic (exact) mass is 457 g/mol. The Morgan fingerprint density at radius 1 is 0.824 bits per heavy atom. The second-order valence-electron chi connectivity index (χ2n) is 8.49. The number of carbonyl (C=O) groups excluding carboxylic acids is 2. The van der Waals surface area contributed by atoms with Gasteiger partial charge >= 0.3 is 5.97 Å². The highest BCUT2D eigenvalue weighted by Gasteiger charge is 2.44. The van der Waals surface area contributed by atoms with Gasteiger partial charge in [-0.25, -0.2) is 0 Å².